The zero-order valence-electron chi connectivity index (χ0n) is 16.6. The summed E-state index contributed by atoms with van der Waals surface area (Å²) in [7, 11) is -2.91. The maximum Gasteiger partial charge on any atom is 0.227 e. The number of hydrogen-bond acceptors (Lipinski definition) is 8. The van der Waals surface area contributed by atoms with Crippen LogP contribution in [0.1, 0.15) is 6.42 Å². The van der Waals surface area contributed by atoms with Gasteiger partial charge in [-0.1, -0.05) is 11.6 Å². The third kappa shape index (κ3) is 5.13. The molecule has 1 aromatic carbocycles. The van der Waals surface area contributed by atoms with Crippen molar-refractivity contribution in [1.29, 1.82) is 5.26 Å². The highest BCUT2D eigenvalue weighted by Crippen LogP contribution is 2.27. The molecular formula is C20H20ClN7O2S. The van der Waals surface area contributed by atoms with E-state index in [0.717, 1.165) is 16.9 Å². The molecule has 31 heavy (non-hydrogen) atoms. The Morgan fingerprint density at radius 1 is 1.16 bits per heavy atom. The van der Waals surface area contributed by atoms with E-state index in [4.69, 9.17) is 16.9 Å². The van der Waals surface area contributed by atoms with E-state index in [1.54, 1.807) is 17.1 Å². The second kappa shape index (κ2) is 8.91. The highest BCUT2D eigenvalue weighted by atomic mass is 35.5. The Balaban J connectivity index is 1.47. The summed E-state index contributed by atoms with van der Waals surface area (Å²) in [5, 5.41) is 16.5. The molecule has 4 rings (SSSR count). The Bertz CT molecular complexity index is 1210. The minimum absolute atomic E-state index is 0.182. The van der Waals surface area contributed by atoms with Crippen LogP contribution < -0.4 is 10.2 Å². The van der Waals surface area contributed by atoms with Crippen LogP contribution in [-0.2, 0) is 16.4 Å². The van der Waals surface area contributed by atoms with E-state index in [1.165, 1.54) is 6.20 Å². The minimum Gasteiger partial charge on any atom is -0.369 e. The number of aromatic nitrogens is 4. The molecule has 1 fully saturated rings. The smallest absolute Gasteiger partial charge is 0.227 e. The molecule has 3 heterocycles. The van der Waals surface area contributed by atoms with Crippen LogP contribution in [-0.4, -0.2) is 52.8 Å². The summed E-state index contributed by atoms with van der Waals surface area (Å²) >= 11 is 6.28. The lowest BCUT2D eigenvalue weighted by atomic mass is 10.2. The van der Waals surface area contributed by atoms with Crippen molar-refractivity contribution < 1.29 is 8.42 Å². The van der Waals surface area contributed by atoms with Gasteiger partial charge in [0.25, 0.3) is 0 Å². The molecule has 0 bridgehead atoms. The molecule has 2 aromatic heterocycles. The molecule has 1 N–H and O–H groups in total. The van der Waals surface area contributed by atoms with E-state index < -0.39 is 9.84 Å². The van der Waals surface area contributed by atoms with Gasteiger partial charge >= 0.3 is 0 Å². The first-order valence-corrected chi connectivity index (χ1v) is 11.9. The predicted octanol–water partition coefficient (Wildman–Crippen LogP) is 2.89. The molecule has 0 spiro atoms. The van der Waals surface area contributed by atoms with Crippen molar-refractivity contribution in [3.63, 3.8) is 0 Å². The van der Waals surface area contributed by atoms with Crippen molar-refractivity contribution in [2.24, 2.45) is 0 Å². The second-order valence-corrected chi connectivity index (χ2v) is 9.81. The summed E-state index contributed by atoms with van der Waals surface area (Å²) in [5.74, 6) is 0.754. The average Bonchev–Trinajstić information content (AvgIpc) is 3.23. The van der Waals surface area contributed by atoms with Crippen LogP contribution in [0.15, 0.2) is 42.9 Å². The van der Waals surface area contributed by atoms with Crippen LogP contribution in [0.4, 0.5) is 17.3 Å². The molecule has 1 aliphatic heterocycles. The molecule has 0 amide bonds. The van der Waals surface area contributed by atoms with Crippen LogP contribution in [0.2, 0.25) is 5.02 Å². The molecule has 0 saturated carbocycles. The van der Waals surface area contributed by atoms with Gasteiger partial charge < -0.3 is 10.2 Å². The zero-order chi connectivity index (χ0) is 21.8. The Morgan fingerprint density at radius 3 is 2.61 bits per heavy atom. The zero-order valence-corrected chi connectivity index (χ0v) is 18.1. The van der Waals surface area contributed by atoms with Crippen molar-refractivity contribution in [3.05, 3.63) is 47.9 Å². The largest absolute Gasteiger partial charge is 0.369 e. The van der Waals surface area contributed by atoms with Gasteiger partial charge in [0.05, 0.1) is 53.7 Å². The first-order valence-electron chi connectivity index (χ1n) is 9.68. The van der Waals surface area contributed by atoms with E-state index in [-0.39, 0.29) is 11.5 Å². The summed E-state index contributed by atoms with van der Waals surface area (Å²) in [4.78, 5) is 10.8. The quantitative estimate of drug-likeness (QED) is 0.600. The van der Waals surface area contributed by atoms with Crippen molar-refractivity contribution >= 4 is 38.8 Å². The Labute approximate surface area is 185 Å². The lowest BCUT2D eigenvalue weighted by Crippen LogP contribution is -2.40. The normalized spacial score (nSPS) is 15.4. The van der Waals surface area contributed by atoms with Gasteiger partial charge in [0, 0.05) is 36.2 Å². The van der Waals surface area contributed by atoms with Crippen LogP contribution in [0.5, 0.6) is 0 Å². The molecule has 1 saturated heterocycles. The first-order chi connectivity index (χ1) is 14.9. The number of nitrogens with zero attached hydrogens (tertiary/aromatic N) is 6. The summed E-state index contributed by atoms with van der Waals surface area (Å²) in [6, 6.07) is 9.77. The van der Waals surface area contributed by atoms with Gasteiger partial charge in [0.2, 0.25) is 5.95 Å². The fraction of sp³-hybridized carbons (Fsp3) is 0.300. The summed E-state index contributed by atoms with van der Waals surface area (Å²) < 4.78 is 24.9. The number of aryl methyl sites for hydroxylation is 1. The molecule has 1 aliphatic rings. The molecule has 0 radical (unpaired) electrons. The standard InChI is InChI=1S/C20H20ClN7O2S/c21-18-13-23-20(26-19(18)15-12-24-28(14-15)7-1-6-22)25-16-2-4-17(5-3-16)27-8-10-31(29,30)11-9-27/h2-5,12-14H,1,7-11H2,(H,23,25,26). The number of nitriles is 1. The average molecular weight is 458 g/mol. The number of rotatable bonds is 6. The second-order valence-electron chi connectivity index (χ2n) is 7.10. The molecule has 0 unspecified atom stereocenters. The Kier molecular flexibility index (Phi) is 6.06. The third-order valence-electron chi connectivity index (χ3n) is 4.94. The molecular weight excluding hydrogens is 438 g/mol. The summed E-state index contributed by atoms with van der Waals surface area (Å²) in [5.41, 5.74) is 3.06. The Morgan fingerprint density at radius 2 is 1.90 bits per heavy atom. The lowest BCUT2D eigenvalue weighted by molar-refractivity contribution is 0.587. The lowest BCUT2D eigenvalue weighted by Gasteiger charge is -2.28. The van der Waals surface area contributed by atoms with Gasteiger partial charge in [-0.2, -0.15) is 10.4 Å². The maximum atomic E-state index is 11.6. The topological polar surface area (TPSA) is 117 Å². The van der Waals surface area contributed by atoms with Gasteiger partial charge in [-0.15, -0.1) is 0 Å². The van der Waals surface area contributed by atoms with Crippen molar-refractivity contribution in [1.82, 2.24) is 19.7 Å². The summed E-state index contributed by atoms with van der Waals surface area (Å²) in [6.07, 6.45) is 5.35. The molecule has 11 heteroatoms. The molecule has 160 valence electrons. The number of hydrogen-bond donors (Lipinski definition) is 1. The van der Waals surface area contributed by atoms with E-state index in [0.29, 0.717) is 42.7 Å². The fourth-order valence-corrected chi connectivity index (χ4v) is 4.66. The van der Waals surface area contributed by atoms with Crippen molar-refractivity contribution in [2.75, 3.05) is 34.8 Å². The van der Waals surface area contributed by atoms with Crippen LogP contribution in [0, 0.1) is 11.3 Å². The van der Waals surface area contributed by atoms with Crippen molar-refractivity contribution in [3.8, 4) is 17.3 Å². The predicted molar refractivity (Wildman–Crippen MR) is 119 cm³/mol. The molecule has 0 atom stereocenters. The fourth-order valence-electron chi connectivity index (χ4n) is 3.26. The van der Waals surface area contributed by atoms with Gasteiger partial charge in [0.15, 0.2) is 9.84 Å². The van der Waals surface area contributed by atoms with Crippen molar-refractivity contribution in [2.45, 2.75) is 13.0 Å². The van der Waals surface area contributed by atoms with Crippen LogP contribution >= 0.6 is 11.6 Å². The first kappa shape index (κ1) is 21.1. The third-order valence-corrected chi connectivity index (χ3v) is 6.82. The Hall–Kier alpha value is -3.16. The van der Waals surface area contributed by atoms with Gasteiger partial charge in [-0.25, -0.2) is 18.4 Å². The molecule has 9 nitrogen and oxygen atoms in total. The van der Waals surface area contributed by atoms with E-state index in [2.05, 4.69) is 31.4 Å². The molecule has 3 aromatic rings. The van der Waals surface area contributed by atoms with E-state index >= 15 is 0 Å². The maximum absolute atomic E-state index is 11.6. The van der Waals surface area contributed by atoms with Gasteiger partial charge in [-0.3, -0.25) is 4.68 Å². The molecule has 0 aliphatic carbocycles. The highest BCUT2D eigenvalue weighted by molar-refractivity contribution is 7.91. The number of benzene rings is 1. The van der Waals surface area contributed by atoms with E-state index in [9.17, 15) is 8.42 Å². The number of sulfone groups is 1. The number of halogens is 1. The monoisotopic (exact) mass is 457 g/mol. The number of nitrogens with one attached hydrogen (secondary N) is 1. The van der Waals surface area contributed by atoms with Crippen LogP contribution in [0.3, 0.4) is 0 Å². The minimum atomic E-state index is -2.91. The SMILES string of the molecule is N#CCCn1cc(-c2nc(Nc3ccc(N4CCS(=O)(=O)CC4)cc3)ncc2Cl)cn1. The van der Waals surface area contributed by atoms with Crippen LogP contribution in [0.25, 0.3) is 11.3 Å². The van der Waals surface area contributed by atoms with E-state index in [1.807, 2.05) is 24.3 Å². The van der Waals surface area contributed by atoms with Gasteiger partial charge in [-0.05, 0) is 24.3 Å². The van der Waals surface area contributed by atoms with Gasteiger partial charge in [0.1, 0.15) is 0 Å². The number of anilines is 3. The summed E-state index contributed by atoms with van der Waals surface area (Å²) in [6.45, 7) is 1.50. The highest BCUT2D eigenvalue weighted by Gasteiger charge is 2.21.